The van der Waals surface area contributed by atoms with E-state index >= 15 is 0 Å². The largest absolute Gasteiger partial charge is 0.495 e. The quantitative estimate of drug-likeness (QED) is 0.608. The van der Waals surface area contributed by atoms with Crippen molar-refractivity contribution in [3.05, 3.63) is 52.5 Å². The van der Waals surface area contributed by atoms with Crippen molar-refractivity contribution in [1.82, 2.24) is 9.88 Å². The van der Waals surface area contributed by atoms with Gasteiger partial charge in [-0.25, -0.2) is 4.98 Å². The summed E-state index contributed by atoms with van der Waals surface area (Å²) in [6, 6.07) is 13.4. The number of methoxy groups -OCH3 is 1. The summed E-state index contributed by atoms with van der Waals surface area (Å²) in [7, 11) is 1.57. The van der Waals surface area contributed by atoms with Crippen molar-refractivity contribution >= 4 is 44.7 Å². The zero-order valence-corrected chi connectivity index (χ0v) is 18.1. The van der Waals surface area contributed by atoms with Crippen LogP contribution in [0, 0.1) is 0 Å². The first-order valence-electron chi connectivity index (χ1n) is 9.79. The van der Waals surface area contributed by atoms with E-state index in [1.54, 1.807) is 36.6 Å². The maximum atomic E-state index is 12.7. The first-order chi connectivity index (χ1) is 14.0. The summed E-state index contributed by atoms with van der Waals surface area (Å²) in [5.74, 6) is 1.04. The van der Waals surface area contributed by atoms with Gasteiger partial charge in [0.1, 0.15) is 5.75 Å². The smallest absolute Gasteiger partial charge is 0.241 e. The number of nitrogens with zero attached hydrogens (tertiary/aromatic N) is 2. The van der Waals surface area contributed by atoms with Gasteiger partial charge >= 0.3 is 0 Å². The summed E-state index contributed by atoms with van der Waals surface area (Å²) in [5.41, 5.74) is 1.76. The number of nitrogens with one attached hydrogen (secondary N) is 1. The molecule has 1 aliphatic rings. The highest BCUT2D eigenvalue weighted by atomic mass is 35.5. The van der Waals surface area contributed by atoms with E-state index in [0.29, 0.717) is 22.4 Å². The molecule has 29 heavy (non-hydrogen) atoms. The summed E-state index contributed by atoms with van der Waals surface area (Å²) in [4.78, 5) is 19.8. The molecule has 1 fully saturated rings. The van der Waals surface area contributed by atoms with Crippen LogP contribution >= 0.6 is 22.9 Å². The average Bonchev–Trinajstić information content (AvgIpc) is 3.18. The molecular formula is C22H24ClN3O2S. The number of amides is 1. The second kappa shape index (κ2) is 8.69. The van der Waals surface area contributed by atoms with Gasteiger partial charge in [-0.1, -0.05) is 23.7 Å². The van der Waals surface area contributed by atoms with Gasteiger partial charge in [-0.3, -0.25) is 9.69 Å². The van der Waals surface area contributed by atoms with Crippen molar-refractivity contribution in [3.8, 4) is 5.75 Å². The summed E-state index contributed by atoms with van der Waals surface area (Å²) >= 11 is 7.95. The molecule has 152 valence electrons. The normalized spacial score (nSPS) is 16.7. The molecule has 1 aliphatic heterocycles. The van der Waals surface area contributed by atoms with E-state index in [2.05, 4.69) is 28.4 Å². The van der Waals surface area contributed by atoms with Crippen LogP contribution in [0.2, 0.25) is 5.02 Å². The number of carbonyl (C=O) groups excluding carboxylic acids is 1. The molecule has 1 aromatic heterocycles. The highest BCUT2D eigenvalue weighted by Crippen LogP contribution is 2.34. The fourth-order valence-corrected chi connectivity index (χ4v) is 5.15. The summed E-state index contributed by atoms with van der Waals surface area (Å²) in [6.45, 7) is 3.73. The topological polar surface area (TPSA) is 54.5 Å². The van der Waals surface area contributed by atoms with Gasteiger partial charge in [-0.2, -0.15) is 0 Å². The highest BCUT2D eigenvalue weighted by Gasteiger charge is 2.28. The predicted molar refractivity (Wildman–Crippen MR) is 119 cm³/mol. The minimum atomic E-state index is -0.202. The van der Waals surface area contributed by atoms with E-state index in [1.165, 1.54) is 9.71 Å². The van der Waals surface area contributed by atoms with Gasteiger partial charge in [0.25, 0.3) is 0 Å². The number of piperidine rings is 1. The lowest BCUT2D eigenvalue weighted by Crippen LogP contribution is -2.45. The molecule has 4 rings (SSSR count). The van der Waals surface area contributed by atoms with Crippen LogP contribution in [0.15, 0.2) is 42.5 Å². The number of benzene rings is 2. The molecule has 1 saturated heterocycles. The van der Waals surface area contributed by atoms with Gasteiger partial charge in [0.15, 0.2) is 0 Å². The van der Waals surface area contributed by atoms with Gasteiger partial charge in [0, 0.05) is 11.6 Å². The molecule has 7 heteroatoms. The minimum Gasteiger partial charge on any atom is -0.495 e. The number of rotatable bonds is 5. The number of aromatic nitrogens is 1. The van der Waals surface area contributed by atoms with Crippen molar-refractivity contribution in [2.45, 2.75) is 31.7 Å². The van der Waals surface area contributed by atoms with Crippen LogP contribution in [0.1, 0.15) is 30.7 Å². The third kappa shape index (κ3) is 4.39. The van der Waals surface area contributed by atoms with E-state index in [-0.39, 0.29) is 11.9 Å². The Labute approximate surface area is 179 Å². The third-order valence-electron chi connectivity index (χ3n) is 5.54. The van der Waals surface area contributed by atoms with Crippen molar-refractivity contribution in [3.63, 3.8) is 0 Å². The molecule has 0 spiro atoms. The maximum absolute atomic E-state index is 12.7. The van der Waals surface area contributed by atoms with E-state index in [4.69, 9.17) is 21.3 Å². The molecule has 2 heterocycles. The Morgan fingerprint density at radius 2 is 2.03 bits per heavy atom. The van der Waals surface area contributed by atoms with Crippen LogP contribution < -0.4 is 10.1 Å². The Morgan fingerprint density at radius 3 is 2.72 bits per heavy atom. The van der Waals surface area contributed by atoms with E-state index in [1.807, 2.05) is 13.0 Å². The molecule has 0 bridgehead atoms. The van der Waals surface area contributed by atoms with Crippen molar-refractivity contribution in [2.24, 2.45) is 0 Å². The first-order valence-corrected chi connectivity index (χ1v) is 11.0. The number of anilines is 1. The molecular weight excluding hydrogens is 406 g/mol. The zero-order valence-electron chi connectivity index (χ0n) is 16.5. The molecule has 1 unspecified atom stereocenters. The first kappa shape index (κ1) is 20.1. The number of carbonyl (C=O) groups is 1. The van der Waals surface area contributed by atoms with Gasteiger partial charge in [-0.15, -0.1) is 11.3 Å². The van der Waals surface area contributed by atoms with Gasteiger partial charge in [0.05, 0.1) is 33.4 Å². The molecule has 3 aromatic rings. The van der Waals surface area contributed by atoms with Crippen molar-refractivity contribution < 1.29 is 9.53 Å². The Bertz CT molecular complexity index is 981. The molecule has 0 radical (unpaired) electrons. The van der Waals surface area contributed by atoms with Crippen molar-refractivity contribution in [1.29, 1.82) is 0 Å². The second-order valence-corrected chi connectivity index (χ2v) is 8.81. The number of para-hydroxylation sites is 1. The van der Waals surface area contributed by atoms with E-state index in [0.717, 1.165) is 31.4 Å². The van der Waals surface area contributed by atoms with Crippen LogP contribution in [0.3, 0.4) is 0 Å². The number of likely N-dealkylation sites (tertiary alicyclic amines) is 1. The number of halogens is 1. The molecule has 1 amide bonds. The molecule has 1 N–H and O–H groups in total. The lowest BCUT2D eigenvalue weighted by Gasteiger charge is -2.34. The lowest BCUT2D eigenvalue weighted by molar-refractivity contribution is -0.121. The molecule has 5 nitrogen and oxygen atoms in total. The molecule has 0 aliphatic carbocycles. The van der Waals surface area contributed by atoms with Gasteiger partial charge in [-0.05, 0) is 63.2 Å². The molecule has 1 atom stereocenters. The van der Waals surface area contributed by atoms with Crippen molar-refractivity contribution in [2.75, 3.05) is 25.5 Å². The average molecular weight is 430 g/mol. The predicted octanol–water partition coefficient (Wildman–Crippen LogP) is 5.16. The monoisotopic (exact) mass is 429 g/mol. The van der Waals surface area contributed by atoms with Crippen LogP contribution in [0.4, 0.5) is 5.69 Å². The second-order valence-electron chi connectivity index (χ2n) is 7.34. The molecule has 2 aromatic carbocycles. The van der Waals surface area contributed by atoms with Crippen LogP contribution in [0.25, 0.3) is 10.2 Å². The Morgan fingerprint density at radius 1 is 1.28 bits per heavy atom. The minimum absolute atomic E-state index is 0.0235. The highest BCUT2D eigenvalue weighted by molar-refractivity contribution is 7.18. The Balaban J connectivity index is 1.35. The number of hydrogen-bond acceptors (Lipinski definition) is 5. The SMILES string of the molecule is COc1ccc(NC(=O)C(C)N2CCC(c3nc4ccccc4s3)CC2)cc1Cl. The Kier molecular flexibility index (Phi) is 6.04. The van der Waals surface area contributed by atoms with E-state index < -0.39 is 0 Å². The fourth-order valence-electron chi connectivity index (χ4n) is 3.76. The van der Waals surface area contributed by atoms with Gasteiger partial charge < -0.3 is 10.1 Å². The fraction of sp³-hybridized carbons (Fsp3) is 0.364. The number of fused-ring (bicyclic) bond motifs is 1. The maximum Gasteiger partial charge on any atom is 0.241 e. The van der Waals surface area contributed by atoms with Crippen LogP contribution in [0.5, 0.6) is 5.75 Å². The standard InChI is InChI=1S/C22H24ClN3O2S/c1-14(21(27)24-16-7-8-19(28-2)17(23)13-16)26-11-9-15(10-12-26)22-25-18-5-3-4-6-20(18)29-22/h3-8,13-15H,9-12H2,1-2H3,(H,24,27). The summed E-state index contributed by atoms with van der Waals surface area (Å²) < 4.78 is 6.40. The van der Waals surface area contributed by atoms with Gasteiger partial charge in [0.2, 0.25) is 5.91 Å². The third-order valence-corrected chi connectivity index (χ3v) is 7.03. The van der Waals surface area contributed by atoms with Crippen LogP contribution in [-0.4, -0.2) is 42.0 Å². The number of ether oxygens (including phenoxy) is 1. The number of thiazole rings is 1. The Hall–Kier alpha value is -2.15. The zero-order chi connectivity index (χ0) is 20.4. The molecule has 0 saturated carbocycles. The van der Waals surface area contributed by atoms with Crippen LogP contribution in [-0.2, 0) is 4.79 Å². The number of hydrogen-bond donors (Lipinski definition) is 1. The summed E-state index contributed by atoms with van der Waals surface area (Å²) in [5, 5.41) is 4.66. The summed E-state index contributed by atoms with van der Waals surface area (Å²) in [6.07, 6.45) is 2.04. The van der Waals surface area contributed by atoms with E-state index in [9.17, 15) is 4.79 Å². The lowest BCUT2D eigenvalue weighted by atomic mass is 9.96.